The van der Waals surface area contributed by atoms with E-state index in [1.807, 2.05) is 0 Å². The molecule has 1 saturated heterocycles. The summed E-state index contributed by atoms with van der Waals surface area (Å²) in [6, 6.07) is 0. The van der Waals surface area contributed by atoms with Crippen molar-refractivity contribution in [1.82, 2.24) is 9.03 Å². The van der Waals surface area contributed by atoms with Crippen molar-refractivity contribution < 1.29 is 37.1 Å². The summed E-state index contributed by atoms with van der Waals surface area (Å²) in [5, 5.41) is 27.2. The second-order valence-electron chi connectivity index (χ2n) is 7.43. The van der Waals surface area contributed by atoms with Gasteiger partial charge in [-0.1, -0.05) is 6.42 Å². The van der Waals surface area contributed by atoms with Gasteiger partial charge < -0.3 is 26.6 Å². The third-order valence-corrected chi connectivity index (χ3v) is 6.84. The van der Waals surface area contributed by atoms with E-state index >= 15 is 0 Å². The van der Waals surface area contributed by atoms with E-state index in [1.165, 1.54) is 0 Å². The summed E-state index contributed by atoms with van der Waals surface area (Å²) in [7, 11) is -5.77. The molecule has 156 valence electrons. The third-order valence-electron chi connectivity index (χ3n) is 5.37. The normalized spacial score (nSPS) is 37.2. The van der Waals surface area contributed by atoms with Gasteiger partial charge in [-0.2, -0.15) is 12.7 Å². The van der Waals surface area contributed by atoms with Gasteiger partial charge in [-0.15, -0.1) is 0 Å². The van der Waals surface area contributed by atoms with Crippen LogP contribution in [0.2, 0.25) is 6.32 Å². The van der Waals surface area contributed by atoms with Crippen LogP contribution < -0.4 is 16.2 Å². The van der Waals surface area contributed by atoms with Gasteiger partial charge in [0.1, 0.15) is 11.7 Å². The van der Waals surface area contributed by atoms with E-state index in [-0.39, 0.29) is 32.1 Å². The molecule has 2 rings (SSSR count). The fourth-order valence-electron chi connectivity index (χ4n) is 3.48. The van der Waals surface area contributed by atoms with Gasteiger partial charge >= 0.3 is 13.1 Å². The molecule has 0 aromatic heterocycles. The molecule has 2 fully saturated rings. The summed E-state index contributed by atoms with van der Waals surface area (Å²) >= 11 is 0. The van der Waals surface area contributed by atoms with Gasteiger partial charge in [-0.25, -0.2) is 13.5 Å². The Hall–Kier alpha value is -0.895. The highest BCUT2D eigenvalue weighted by Crippen LogP contribution is 2.36. The Kier molecular flexibility index (Phi) is 6.51. The van der Waals surface area contributed by atoms with E-state index in [0.29, 0.717) is 0 Å². The lowest BCUT2D eigenvalue weighted by molar-refractivity contribution is -0.144. The van der Waals surface area contributed by atoms with Crippen molar-refractivity contribution in [3.8, 4) is 0 Å². The molecule has 0 spiro atoms. The molecule has 0 amide bonds. The summed E-state index contributed by atoms with van der Waals surface area (Å²) in [4.78, 5) is 11.6. The van der Waals surface area contributed by atoms with Crippen molar-refractivity contribution in [3.05, 3.63) is 0 Å². The van der Waals surface area contributed by atoms with Crippen LogP contribution in [0.4, 0.5) is 8.78 Å². The number of hydrogen-bond donors (Lipinski definition) is 6. The largest absolute Gasteiger partial charge is 0.480 e. The zero-order chi connectivity index (χ0) is 20.6. The van der Waals surface area contributed by atoms with Crippen molar-refractivity contribution in [2.75, 3.05) is 19.6 Å². The number of alkyl halides is 2. The highest BCUT2D eigenvalue weighted by Gasteiger charge is 2.55. The number of halogens is 2. The number of carboxylic acids is 1. The van der Waals surface area contributed by atoms with Crippen LogP contribution in [-0.4, -0.2) is 84.0 Å². The Morgan fingerprint density at radius 2 is 1.96 bits per heavy atom. The lowest BCUT2D eigenvalue weighted by Gasteiger charge is -2.44. The van der Waals surface area contributed by atoms with Crippen LogP contribution in [0.5, 0.6) is 0 Å². The lowest BCUT2D eigenvalue weighted by atomic mass is 9.74. The highest BCUT2D eigenvalue weighted by molar-refractivity contribution is 7.87. The lowest BCUT2D eigenvalue weighted by Crippen LogP contribution is -2.69. The summed E-state index contributed by atoms with van der Waals surface area (Å²) in [6.45, 7) is -1.24. The average molecular weight is 414 g/mol. The standard InChI is InChI=1S/C13H25BF2N4O6S/c15-9-4-12(17,10(9)16)6-19-27(25,26)20-5-8(2-1-3-14(23)24)13(18,7-20)11(21)22/h8-10,19,23-24H,1-7,17-18H2,(H,21,22)/t8-,9?,10?,12?,13-/m0/s1. The van der Waals surface area contributed by atoms with E-state index in [9.17, 15) is 27.1 Å². The predicted molar refractivity (Wildman–Crippen MR) is 92.1 cm³/mol. The number of rotatable bonds is 9. The van der Waals surface area contributed by atoms with Gasteiger partial charge in [-0.05, 0) is 12.7 Å². The number of nitrogens with zero attached hydrogens (tertiary/aromatic N) is 1. The van der Waals surface area contributed by atoms with Crippen LogP contribution in [0.25, 0.3) is 0 Å². The molecule has 3 unspecified atom stereocenters. The van der Waals surface area contributed by atoms with Crippen molar-refractivity contribution in [1.29, 1.82) is 0 Å². The quantitative estimate of drug-likeness (QED) is 0.225. The highest BCUT2D eigenvalue weighted by atomic mass is 32.2. The Morgan fingerprint density at radius 1 is 1.33 bits per heavy atom. The molecule has 0 radical (unpaired) electrons. The zero-order valence-corrected chi connectivity index (χ0v) is 15.4. The summed E-state index contributed by atoms with van der Waals surface area (Å²) in [5.41, 5.74) is 8.06. The average Bonchev–Trinajstić information content (AvgIpc) is 2.92. The minimum Gasteiger partial charge on any atom is -0.480 e. The summed E-state index contributed by atoms with van der Waals surface area (Å²) in [5.74, 6) is -2.14. The first kappa shape index (κ1) is 22.4. The van der Waals surface area contributed by atoms with Gasteiger partial charge in [-0.3, -0.25) is 4.79 Å². The SMILES string of the molecule is NC1(CNS(=O)(=O)N2C[C@H](CCCB(O)O)[C@](N)(C(=O)O)C2)CC(F)C1F. The topological polar surface area (TPSA) is 179 Å². The maximum atomic E-state index is 13.5. The molecule has 1 saturated carbocycles. The van der Waals surface area contributed by atoms with E-state index in [2.05, 4.69) is 4.72 Å². The molecule has 5 atom stereocenters. The minimum atomic E-state index is -4.22. The molecule has 0 bridgehead atoms. The maximum absolute atomic E-state index is 13.5. The van der Waals surface area contributed by atoms with Crippen LogP contribution in [0.1, 0.15) is 19.3 Å². The van der Waals surface area contributed by atoms with Crippen molar-refractivity contribution in [2.24, 2.45) is 17.4 Å². The number of carboxylic acid groups (broad SMARTS) is 1. The molecular weight excluding hydrogens is 389 g/mol. The van der Waals surface area contributed by atoms with E-state index < -0.39 is 65.7 Å². The number of aliphatic carboxylic acids is 1. The van der Waals surface area contributed by atoms with Gasteiger partial charge in [0.2, 0.25) is 0 Å². The summed E-state index contributed by atoms with van der Waals surface area (Å²) < 4.78 is 54.4. The molecule has 1 aliphatic carbocycles. The zero-order valence-electron chi connectivity index (χ0n) is 14.6. The van der Waals surface area contributed by atoms with Gasteiger partial charge in [0.25, 0.3) is 10.2 Å². The molecule has 27 heavy (non-hydrogen) atoms. The van der Waals surface area contributed by atoms with Gasteiger partial charge in [0.15, 0.2) is 6.17 Å². The summed E-state index contributed by atoms with van der Waals surface area (Å²) in [6.07, 6.45) is -3.63. The van der Waals surface area contributed by atoms with Crippen LogP contribution >= 0.6 is 0 Å². The van der Waals surface area contributed by atoms with E-state index in [4.69, 9.17) is 21.5 Å². The minimum absolute atomic E-state index is 0.00478. The Morgan fingerprint density at radius 3 is 2.44 bits per heavy atom. The van der Waals surface area contributed by atoms with Crippen molar-refractivity contribution >= 4 is 23.3 Å². The van der Waals surface area contributed by atoms with E-state index in [0.717, 1.165) is 4.31 Å². The molecule has 10 nitrogen and oxygen atoms in total. The third kappa shape index (κ3) is 4.58. The number of carbonyl (C=O) groups is 1. The Labute approximate surface area is 156 Å². The monoisotopic (exact) mass is 414 g/mol. The molecule has 2 aliphatic rings. The smallest absolute Gasteiger partial charge is 0.451 e. The second-order valence-corrected chi connectivity index (χ2v) is 9.18. The molecular formula is C13H25BF2N4O6S. The molecule has 1 heterocycles. The van der Waals surface area contributed by atoms with Crippen LogP contribution in [0, 0.1) is 5.92 Å². The van der Waals surface area contributed by atoms with Crippen molar-refractivity contribution in [3.63, 3.8) is 0 Å². The number of hydrogen-bond acceptors (Lipinski definition) is 7. The first-order valence-corrected chi connectivity index (χ1v) is 9.96. The van der Waals surface area contributed by atoms with Crippen LogP contribution in [0.3, 0.4) is 0 Å². The molecule has 1 aliphatic heterocycles. The second kappa shape index (κ2) is 7.85. The molecule has 14 heteroatoms. The molecule has 8 N–H and O–H groups in total. The van der Waals surface area contributed by atoms with Gasteiger partial charge in [0.05, 0.1) is 5.54 Å². The predicted octanol–water partition coefficient (Wildman–Crippen LogP) is -2.43. The van der Waals surface area contributed by atoms with Gasteiger partial charge in [0, 0.05) is 32.0 Å². The molecule has 0 aromatic rings. The van der Waals surface area contributed by atoms with E-state index in [1.54, 1.807) is 0 Å². The Bertz CT molecular complexity index is 673. The maximum Gasteiger partial charge on any atom is 0.451 e. The fourth-order valence-corrected chi connectivity index (χ4v) is 4.87. The number of nitrogens with one attached hydrogen (secondary N) is 1. The van der Waals surface area contributed by atoms with Crippen LogP contribution in [-0.2, 0) is 15.0 Å². The first-order chi connectivity index (χ1) is 12.3. The fraction of sp³-hybridized carbons (Fsp3) is 0.923. The number of nitrogens with two attached hydrogens (primary N) is 2. The van der Waals surface area contributed by atoms with Crippen LogP contribution in [0.15, 0.2) is 0 Å². The first-order valence-electron chi connectivity index (χ1n) is 8.52. The van der Waals surface area contributed by atoms with Crippen molar-refractivity contribution in [2.45, 2.75) is 49.0 Å². The Balaban J connectivity index is 2.03. The molecule has 0 aromatic carbocycles.